The summed E-state index contributed by atoms with van der Waals surface area (Å²) in [7, 11) is 0. The molecule has 0 N–H and O–H groups in total. The average Bonchev–Trinajstić information content (AvgIpc) is 2.23. The molecule has 0 aliphatic carbocycles. The van der Waals surface area contributed by atoms with E-state index in [0.29, 0.717) is 6.20 Å². The van der Waals surface area contributed by atoms with Crippen molar-refractivity contribution in [2.75, 3.05) is 0 Å². The van der Waals surface area contributed by atoms with Crippen LogP contribution in [0.3, 0.4) is 0 Å². The topological polar surface area (TPSA) is 22.1 Å². The molecule has 0 aliphatic rings. The van der Waals surface area contributed by atoms with Crippen LogP contribution < -0.4 is 4.74 Å². The molecule has 0 aliphatic heterocycles. The van der Waals surface area contributed by atoms with E-state index in [1.165, 1.54) is 0 Å². The van der Waals surface area contributed by atoms with Gasteiger partial charge >= 0.3 is 12.5 Å². The smallest absolute Gasteiger partial charge is 0.403 e. The van der Waals surface area contributed by atoms with Crippen LogP contribution in [0, 0.1) is 0 Å². The molecule has 20 heavy (non-hydrogen) atoms. The fourth-order valence-electron chi connectivity index (χ4n) is 1.31. The number of hydrogen-bond donors (Lipinski definition) is 0. The molecule has 0 fully saturated rings. The van der Waals surface area contributed by atoms with Gasteiger partial charge in [0.15, 0.2) is 11.4 Å². The highest BCUT2D eigenvalue weighted by Crippen LogP contribution is 2.43. The van der Waals surface area contributed by atoms with E-state index in [4.69, 9.17) is 11.6 Å². The van der Waals surface area contributed by atoms with Crippen LogP contribution in [0.2, 0.25) is 0 Å². The lowest BCUT2D eigenvalue weighted by molar-refractivity contribution is -0.277. The Morgan fingerprint density at radius 3 is 2.05 bits per heavy atom. The molecule has 1 aromatic rings. The van der Waals surface area contributed by atoms with Crippen molar-refractivity contribution < 1.29 is 39.9 Å². The Balaban J connectivity index is 3.59. The molecular weight excluding hydrogens is 326 g/mol. The summed E-state index contributed by atoms with van der Waals surface area (Å²) in [5.41, 5.74) is -4.47. The van der Waals surface area contributed by atoms with Crippen molar-refractivity contribution in [1.82, 2.24) is 4.98 Å². The van der Waals surface area contributed by atoms with Gasteiger partial charge in [-0.3, -0.25) is 0 Å². The van der Waals surface area contributed by atoms with Gasteiger partial charge in [-0.1, -0.05) is 0 Å². The lowest BCUT2D eigenvalue weighted by Crippen LogP contribution is -2.23. The first kappa shape index (κ1) is 16.7. The van der Waals surface area contributed by atoms with Gasteiger partial charge in [-0.25, -0.2) is 13.8 Å². The van der Waals surface area contributed by atoms with Crippen molar-refractivity contribution in [3.63, 3.8) is 0 Å². The van der Waals surface area contributed by atoms with E-state index in [9.17, 15) is 35.1 Å². The van der Waals surface area contributed by atoms with E-state index >= 15 is 0 Å². The molecule has 0 amide bonds. The number of rotatable bonds is 3. The van der Waals surface area contributed by atoms with Crippen molar-refractivity contribution in [3.8, 4) is 5.75 Å². The van der Waals surface area contributed by atoms with Crippen LogP contribution in [0.15, 0.2) is 6.20 Å². The number of pyridine rings is 1. The van der Waals surface area contributed by atoms with Gasteiger partial charge in [-0.2, -0.15) is 13.2 Å². The van der Waals surface area contributed by atoms with E-state index in [0.717, 1.165) is 0 Å². The predicted octanol–water partition coefficient (Wildman–Crippen LogP) is 4.68. The third-order valence-electron chi connectivity index (χ3n) is 2.00. The second kappa shape index (κ2) is 5.58. The van der Waals surface area contributed by atoms with Gasteiger partial charge in [-0.15, -0.1) is 24.8 Å². The largest absolute Gasteiger partial charge is 0.573 e. The van der Waals surface area contributed by atoms with E-state index in [1.807, 2.05) is 0 Å². The van der Waals surface area contributed by atoms with Gasteiger partial charge in [-0.05, 0) is 5.56 Å². The van der Waals surface area contributed by atoms with E-state index in [1.54, 1.807) is 0 Å². The lowest BCUT2D eigenvalue weighted by Gasteiger charge is -2.19. The van der Waals surface area contributed by atoms with Crippen molar-refractivity contribution in [2.24, 2.45) is 0 Å². The molecule has 0 unspecified atom stereocenters. The summed E-state index contributed by atoms with van der Waals surface area (Å²) in [6.07, 6.45) is -14.3. The molecule has 0 atom stereocenters. The highest BCUT2D eigenvalue weighted by Gasteiger charge is 2.44. The number of aromatic nitrogens is 1. The Kier molecular flexibility index (Phi) is 4.67. The molecule has 0 bridgehead atoms. The van der Waals surface area contributed by atoms with Gasteiger partial charge in [0.05, 0.1) is 5.56 Å². The molecule has 0 saturated carbocycles. The molecule has 0 aromatic carbocycles. The maximum absolute atomic E-state index is 12.7. The Bertz CT molecular complexity index is 484. The number of hydrogen-bond acceptors (Lipinski definition) is 2. The summed E-state index contributed by atoms with van der Waals surface area (Å²) in [4.78, 5) is 2.68. The van der Waals surface area contributed by atoms with Gasteiger partial charge in [0.2, 0.25) is 0 Å². The third-order valence-corrected chi connectivity index (χ3v) is 2.29. The average molecular weight is 330 g/mol. The molecule has 1 rings (SSSR count). The highest BCUT2D eigenvalue weighted by molar-refractivity contribution is 6.17. The summed E-state index contributed by atoms with van der Waals surface area (Å²) in [6.45, 7) is 0. The number of alkyl halides is 9. The van der Waals surface area contributed by atoms with Crippen molar-refractivity contribution >= 4 is 11.6 Å². The molecule has 0 radical (unpaired) electrons. The van der Waals surface area contributed by atoms with Crippen LogP contribution in [0.5, 0.6) is 5.75 Å². The predicted molar refractivity (Wildman–Crippen MR) is 50.4 cm³/mol. The molecular formula is C9H4ClF8NO. The summed E-state index contributed by atoms with van der Waals surface area (Å²) in [5, 5.41) is 0. The zero-order chi connectivity index (χ0) is 15.7. The maximum Gasteiger partial charge on any atom is 0.573 e. The van der Waals surface area contributed by atoms with E-state index < -0.39 is 47.4 Å². The van der Waals surface area contributed by atoms with Gasteiger partial charge in [0.25, 0.3) is 6.43 Å². The minimum atomic E-state index is -5.59. The fraction of sp³-hybridized carbons (Fsp3) is 0.444. The summed E-state index contributed by atoms with van der Waals surface area (Å²) in [6, 6.07) is 0. The van der Waals surface area contributed by atoms with E-state index in [-0.39, 0.29) is 0 Å². The highest BCUT2D eigenvalue weighted by atomic mass is 35.5. The van der Waals surface area contributed by atoms with Crippen LogP contribution in [-0.4, -0.2) is 11.3 Å². The van der Waals surface area contributed by atoms with Crippen LogP contribution in [0.4, 0.5) is 35.1 Å². The molecule has 11 heteroatoms. The first-order valence-electron chi connectivity index (χ1n) is 4.66. The molecule has 0 saturated heterocycles. The standard InChI is InChI=1S/C9H4ClF8NO/c10-1-3-2-19-6(8(13,14)15)5(4(3)7(11)12)20-9(16,17)18/h2,7H,1H2. The van der Waals surface area contributed by atoms with Gasteiger partial charge in [0, 0.05) is 12.1 Å². The number of ether oxygens (including phenoxy) is 1. The first-order chi connectivity index (χ1) is 8.97. The van der Waals surface area contributed by atoms with Crippen LogP contribution in [0.25, 0.3) is 0 Å². The van der Waals surface area contributed by atoms with Crippen LogP contribution in [-0.2, 0) is 12.1 Å². The zero-order valence-electron chi connectivity index (χ0n) is 9.12. The minimum Gasteiger partial charge on any atom is -0.403 e. The molecule has 0 spiro atoms. The van der Waals surface area contributed by atoms with Crippen molar-refractivity contribution in [3.05, 3.63) is 23.0 Å². The maximum atomic E-state index is 12.7. The Morgan fingerprint density at radius 1 is 1.15 bits per heavy atom. The molecule has 1 aromatic heterocycles. The Morgan fingerprint density at radius 2 is 1.70 bits per heavy atom. The molecule has 114 valence electrons. The minimum absolute atomic E-state index is 0.334. The number of halogens is 9. The van der Waals surface area contributed by atoms with Gasteiger partial charge < -0.3 is 4.74 Å². The normalized spacial score (nSPS) is 12.9. The summed E-state index contributed by atoms with van der Waals surface area (Å²) in [5.74, 6) is -2.84. The Hall–Kier alpha value is -1.32. The first-order valence-corrected chi connectivity index (χ1v) is 5.19. The molecule has 1 heterocycles. The van der Waals surface area contributed by atoms with Crippen LogP contribution >= 0.6 is 11.6 Å². The monoisotopic (exact) mass is 329 g/mol. The quantitative estimate of drug-likeness (QED) is 0.593. The summed E-state index contributed by atoms with van der Waals surface area (Å²) >= 11 is 5.19. The fourth-order valence-corrected chi connectivity index (χ4v) is 1.52. The molecule has 2 nitrogen and oxygen atoms in total. The second-order valence-electron chi connectivity index (χ2n) is 3.35. The van der Waals surface area contributed by atoms with Gasteiger partial charge in [0.1, 0.15) is 0 Å². The second-order valence-corrected chi connectivity index (χ2v) is 3.62. The van der Waals surface area contributed by atoms with E-state index in [2.05, 4.69) is 9.72 Å². The lowest BCUT2D eigenvalue weighted by atomic mass is 10.1. The Labute approximate surface area is 111 Å². The summed E-state index contributed by atoms with van der Waals surface area (Å²) < 4.78 is 102. The van der Waals surface area contributed by atoms with Crippen molar-refractivity contribution in [2.45, 2.75) is 24.8 Å². The SMILES string of the molecule is FC(F)c1c(CCl)cnc(C(F)(F)F)c1OC(F)(F)F. The van der Waals surface area contributed by atoms with Crippen molar-refractivity contribution in [1.29, 1.82) is 0 Å². The number of nitrogens with zero attached hydrogens (tertiary/aromatic N) is 1. The zero-order valence-corrected chi connectivity index (χ0v) is 9.87. The van der Waals surface area contributed by atoms with Crippen LogP contribution in [0.1, 0.15) is 23.2 Å². The third kappa shape index (κ3) is 3.84.